The van der Waals surface area contributed by atoms with Crippen LogP contribution < -0.4 is 0 Å². The summed E-state index contributed by atoms with van der Waals surface area (Å²) in [6, 6.07) is 16.3. The fourth-order valence-electron chi connectivity index (χ4n) is 2.82. The highest BCUT2D eigenvalue weighted by Crippen LogP contribution is 2.36. The van der Waals surface area contributed by atoms with Gasteiger partial charge in [-0.25, -0.2) is 9.50 Å². The summed E-state index contributed by atoms with van der Waals surface area (Å²) in [5.41, 5.74) is 3.38. The van der Waals surface area contributed by atoms with Gasteiger partial charge in [-0.15, -0.1) is 0 Å². The first-order valence-corrected chi connectivity index (χ1v) is 7.58. The number of aromatic hydroxyl groups is 2. The van der Waals surface area contributed by atoms with Crippen LogP contribution in [0, 0.1) is 6.92 Å². The van der Waals surface area contributed by atoms with Gasteiger partial charge in [0.25, 0.3) is 0 Å². The number of phenolic OH excluding ortho intramolecular Hbond substituents is 2. The molecule has 0 amide bonds. The molecular formula is C19H15N3O2. The number of aromatic nitrogens is 3. The van der Waals surface area contributed by atoms with E-state index < -0.39 is 0 Å². The molecule has 0 bridgehead atoms. The molecule has 0 aliphatic heterocycles. The number of nitrogens with zero attached hydrogens (tertiary/aromatic N) is 3. The van der Waals surface area contributed by atoms with Crippen molar-refractivity contribution in [3.8, 4) is 34.1 Å². The smallest absolute Gasteiger partial charge is 0.165 e. The van der Waals surface area contributed by atoms with Crippen LogP contribution in [0.5, 0.6) is 11.5 Å². The minimum atomic E-state index is 0.154. The molecule has 0 unspecified atom stereocenters. The molecule has 5 heteroatoms. The Bertz CT molecular complexity index is 1050. The lowest BCUT2D eigenvalue weighted by atomic mass is 10.1. The number of hydrogen-bond acceptors (Lipinski definition) is 4. The van der Waals surface area contributed by atoms with E-state index >= 15 is 0 Å². The maximum absolute atomic E-state index is 10.4. The molecular weight excluding hydrogens is 302 g/mol. The van der Waals surface area contributed by atoms with Crippen LogP contribution >= 0.6 is 0 Å². The number of aryl methyl sites for hydroxylation is 1. The number of phenols is 2. The molecule has 0 radical (unpaired) electrons. The Balaban J connectivity index is 2.06. The Morgan fingerprint density at radius 2 is 1.67 bits per heavy atom. The van der Waals surface area contributed by atoms with Crippen LogP contribution in [0.1, 0.15) is 5.56 Å². The molecule has 2 aromatic heterocycles. The van der Waals surface area contributed by atoms with Gasteiger partial charge in [0.05, 0.1) is 11.1 Å². The predicted molar refractivity (Wildman–Crippen MR) is 91.9 cm³/mol. The highest BCUT2D eigenvalue weighted by atomic mass is 16.3. The SMILES string of the molecule is Cc1cccc(-c2nc(-c3ccccc3O)c3cccnn23)c1O. The first-order chi connectivity index (χ1) is 11.7. The summed E-state index contributed by atoms with van der Waals surface area (Å²) in [6.07, 6.45) is 1.67. The molecule has 0 saturated carbocycles. The second-order valence-corrected chi connectivity index (χ2v) is 5.59. The molecule has 4 aromatic rings. The summed E-state index contributed by atoms with van der Waals surface area (Å²) in [4.78, 5) is 4.67. The van der Waals surface area contributed by atoms with E-state index in [0.29, 0.717) is 22.6 Å². The van der Waals surface area contributed by atoms with Gasteiger partial charge in [0.1, 0.15) is 17.2 Å². The van der Waals surface area contributed by atoms with E-state index in [9.17, 15) is 10.2 Å². The Hall–Kier alpha value is -3.34. The average Bonchev–Trinajstić information content (AvgIpc) is 2.97. The molecule has 2 heterocycles. The van der Waals surface area contributed by atoms with Crippen molar-refractivity contribution in [2.75, 3.05) is 0 Å². The number of hydrogen-bond donors (Lipinski definition) is 2. The molecule has 2 N–H and O–H groups in total. The van der Waals surface area contributed by atoms with E-state index in [4.69, 9.17) is 0 Å². The van der Waals surface area contributed by atoms with Crippen molar-refractivity contribution >= 4 is 5.52 Å². The first-order valence-electron chi connectivity index (χ1n) is 7.58. The zero-order valence-electron chi connectivity index (χ0n) is 13.0. The van der Waals surface area contributed by atoms with Crippen LogP contribution in [0.4, 0.5) is 0 Å². The van der Waals surface area contributed by atoms with Crippen molar-refractivity contribution in [2.45, 2.75) is 6.92 Å². The van der Waals surface area contributed by atoms with E-state index in [1.807, 2.05) is 43.3 Å². The predicted octanol–water partition coefficient (Wildman–Crippen LogP) is 3.78. The molecule has 0 atom stereocenters. The van der Waals surface area contributed by atoms with Crippen LogP contribution in [0.15, 0.2) is 60.8 Å². The van der Waals surface area contributed by atoms with Gasteiger partial charge in [-0.3, -0.25) is 0 Å². The Morgan fingerprint density at radius 1 is 0.875 bits per heavy atom. The topological polar surface area (TPSA) is 70.7 Å². The highest BCUT2D eigenvalue weighted by molar-refractivity contribution is 5.84. The number of para-hydroxylation sites is 2. The lowest BCUT2D eigenvalue weighted by molar-refractivity contribution is 0.472. The van der Waals surface area contributed by atoms with Gasteiger partial charge in [-0.2, -0.15) is 5.10 Å². The van der Waals surface area contributed by atoms with Crippen molar-refractivity contribution in [3.63, 3.8) is 0 Å². The molecule has 0 aliphatic carbocycles. The Labute approximate surface area is 138 Å². The van der Waals surface area contributed by atoms with E-state index in [-0.39, 0.29) is 11.5 Å². The van der Waals surface area contributed by atoms with Crippen molar-refractivity contribution in [3.05, 3.63) is 66.4 Å². The number of rotatable bonds is 2. The van der Waals surface area contributed by atoms with E-state index in [1.165, 1.54) is 0 Å². The minimum absolute atomic E-state index is 0.154. The first kappa shape index (κ1) is 14.3. The Kier molecular flexibility index (Phi) is 3.20. The van der Waals surface area contributed by atoms with Crippen LogP contribution in [-0.2, 0) is 0 Å². The van der Waals surface area contributed by atoms with Crippen LogP contribution in [0.2, 0.25) is 0 Å². The van der Waals surface area contributed by atoms with E-state index in [2.05, 4.69) is 10.1 Å². The zero-order valence-corrected chi connectivity index (χ0v) is 13.0. The summed E-state index contributed by atoms with van der Waals surface area (Å²) in [6.45, 7) is 1.84. The van der Waals surface area contributed by atoms with Gasteiger partial charge in [-0.1, -0.05) is 24.3 Å². The van der Waals surface area contributed by atoms with Crippen molar-refractivity contribution in [1.82, 2.24) is 14.6 Å². The third-order valence-corrected chi connectivity index (χ3v) is 4.05. The highest BCUT2D eigenvalue weighted by Gasteiger charge is 2.19. The average molecular weight is 317 g/mol. The standard InChI is InChI=1S/C19H15N3O2/c1-12-6-4-8-14(18(12)24)19-21-17(13-7-2-3-10-16(13)23)15-9-5-11-20-22(15)19/h2-11,23-24H,1H3. The fraction of sp³-hybridized carbons (Fsp3) is 0.0526. The number of benzene rings is 2. The monoisotopic (exact) mass is 317 g/mol. The third kappa shape index (κ3) is 2.10. The molecule has 2 aromatic carbocycles. The summed E-state index contributed by atoms with van der Waals surface area (Å²) in [5.74, 6) is 0.866. The van der Waals surface area contributed by atoms with Crippen molar-refractivity contribution in [1.29, 1.82) is 0 Å². The van der Waals surface area contributed by atoms with Gasteiger partial charge < -0.3 is 10.2 Å². The van der Waals surface area contributed by atoms with Gasteiger partial charge in [-0.05, 0) is 42.8 Å². The van der Waals surface area contributed by atoms with Gasteiger partial charge in [0.15, 0.2) is 5.82 Å². The lowest BCUT2D eigenvalue weighted by Crippen LogP contribution is -1.94. The largest absolute Gasteiger partial charge is 0.507 e. The lowest BCUT2D eigenvalue weighted by Gasteiger charge is -2.05. The Morgan fingerprint density at radius 3 is 2.50 bits per heavy atom. The quantitative estimate of drug-likeness (QED) is 0.590. The molecule has 0 saturated heterocycles. The molecule has 5 nitrogen and oxygen atoms in total. The minimum Gasteiger partial charge on any atom is -0.507 e. The molecule has 4 rings (SSSR count). The summed E-state index contributed by atoms with van der Waals surface area (Å²) < 4.78 is 1.68. The molecule has 0 fully saturated rings. The van der Waals surface area contributed by atoms with E-state index in [0.717, 1.165) is 11.1 Å². The fourth-order valence-corrected chi connectivity index (χ4v) is 2.82. The normalized spacial score (nSPS) is 11.0. The van der Waals surface area contributed by atoms with Gasteiger partial charge in [0.2, 0.25) is 0 Å². The molecule has 118 valence electrons. The van der Waals surface area contributed by atoms with E-state index in [1.54, 1.807) is 28.9 Å². The number of fused-ring (bicyclic) bond motifs is 1. The summed E-state index contributed by atoms with van der Waals surface area (Å²) in [7, 11) is 0. The number of imidazole rings is 1. The maximum Gasteiger partial charge on any atom is 0.165 e. The van der Waals surface area contributed by atoms with Crippen LogP contribution in [0.25, 0.3) is 28.2 Å². The molecule has 24 heavy (non-hydrogen) atoms. The second-order valence-electron chi connectivity index (χ2n) is 5.59. The summed E-state index contributed by atoms with van der Waals surface area (Å²) in [5, 5.41) is 25.0. The third-order valence-electron chi connectivity index (χ3n) is 4.05. The van der Waals surface area contributed by atoms with Crippen LogP contribution in [-0.4, -0.2) is 24.8 Å². The van der Waals surface area contributed by atoms with Crippen LogP contribution in [0.3, 0.4) is 0 Å². The van der Waals surface area contributed by atoms with Crippen molar-refractivity contribution in [2.24, 2.45) is 0 Å². The molecule has 0 spiro atoms. The molecule has 0 aliphatic rings. The van der Waals surface area contributed by atoms with Gasteiger partial charge >= 0.3 is 0 Å². The second kappa shape index (κ2) is 5.38. The zero-order chi connectivity index (χ0) is 16.7. The van der Waals surface area contributed by atoms with Crippen molar-refractivity contribution < 1.29 is 10.2 Å². The van der Waals surface area contributed by atoms with Gasteiger partial charge in [0, 0.05) is 11.8 Å². The maximum atomic E-state index is 10.4. The summed E-state index contributed by atoms with van der Waals surface area (Å²) >= 11 is 0.